The van der Waals surface area contributed by atoms with E-state index in [0.717, 1.165) is 5.69 Å². The van der Waals surface area contributed by atoms with Crippen LogP contribution in [0.4, 0.5) is 0 Å². The maximum atomic E-state index is 12.4. The summed E-state index contributed by atoms with van der Waals surface area (Å²) in [6.07, 6.45) is 1.83. The molecular formula is C14H27N3O2S. The minimum atomic E-state index is -1.17. The lowest BCUT2D eigenvalue weighted by Crippen LogP contribution is -2.40. The number of aryl methyl sites for hydroxylation is 1. The highest BCUT2D eigenvalue weighted by Gasteiger charge is 2.34. The summed E-state index contributed by atoms with van der Waals surface area (Å²) in [5.41, 5.74) is 0.655. The lowest BCUT2D eigenvalue weighted by atomic mass is 9.85. The predicted molar refractivity (Wildman–Crippen MR) is 83.0 cm³/mol. The highest BCUT2D eigenvalue weighted by molar-refractivity contribution is 7.84. The third-order valence-corrected chi connectivity index (χ3v) is 4.52. The maximum absolute atomic E-state index is 12.4. The van der Waals surface area contributed by atoms with Gasteiger partial charge < -0.3 is 4.74 Å². The summed E-state index contributed by atoms with van der Waals surface area (Å²) in [5, 5.41) is 4.48. The highest BCUT2D eigenvalue weighted by Crippen LogP contribution is 2.37. The van der Waals surface area contributed by atoms with Crippen molar-refractivity contribution in [3.63, 3.8) is 0 Å². The van der Waals surface area contributed by atoms with Crippen LogP contribution in [0, 0.1) is 5.41 Å². The minimum absolute atomic E-state index is 0.136. The fourth-order valence-corrected chi connectivity index (χ4v) is 2.80. The molecule has 0 aromatic carbocycles. The van der Waals surface area contributed by atoms with E-state index in [0.29, 0.717) is 5.75 Å². The van der Waals surface area contributed by atoms with Crippen molar-refractivity contribution < 1.29 is 8.95 Å². The van der Waals surface area contributed by atoms with Gasteiger partial charge in [-0.05, 0) is 26.2 Å². The van der Waals surface area contributed by atoms with E-state index < -0.39 is 11.0 Å². The molecule has 1 heterocycles. The molecule has 1 aromatic heterocycles. The van der Waals surface area contributed by atoms with Crippen LogP contribution in [0.15, 0.2) is 6.20 Å². The lowest BCUT2D eigenvalue weighted by molar-refractivity contribution is 0.290. The average Bonchev–Trinajstić information content (AvgIpc) is 2.63. The predicted octanol–water partition coefficient (Wildman–Crippen LogP) is 2.57. The maximum Gasteiger partial charge on any atom is 0.161 e. The van der Waals surface area contributed by atoms with Crippen molar-refractivity contribution in [2.24, 2.45) is 12.5 Å². The summed E-state index contributed by atoms with van der Waals surface area (Å²) in [6.45, 7) is 12.1. The summed E-state index contributed by atoms with van der Waals surface area (Å²) in [5.74, 6) is 0.714. The van der Waals surface area contributed by atoms with E-state index in [2.05, 4.69) is 30.6 Å². The first-order chi connectivity index (χ1) is 8.96. The first-order valence-corrected chi connectivity index (χ1v) is 7.87. The number of hydrogen-bond donors (Lipinski definition) is 1. The van der Waals surface area contributed by atoms with Crippen LogP contribution in [0.1, 0.15) is 53.3 Å². The van der Waals surface area contributed by atoms with E-state index in [9.17, 15) is 4.21 Å². The quantitative estimate of drug-likeness (QED) is 0.930. The second-order valence-corrected chi connectivity index (χ2v) is 9.05. The van der Waals surface area contributed by atoms with Gasteiger partial charge in [0.15, 0.2) is 5.75 Å². The highest BCUT2D eigenvalue weighted by atomic mass is 32.2. The normalized spacial score (nSPS) is 16.0. The molecule has 0 radical (unpaired) electrons. The van der Waals surface area contributed by atoms with Crippen molar-refractivity contribution in [2.45, 2.75) is 52.3 Å². The van der Waals surface area contributed by atoms with Gasteiger partial charge in [-0.3, -0.25) is 4.68 Å². The average molecular weight is 301 g/mol. The number of nitrogens with zero attached hydrogens (tertiary/aromatic N) is 2. The molecule has 1 aromatic rings. The molecule has 116 valence electrons. The van der Waals surface area contributed by atoms with E-state index in [1.807, 2.05) is 34.0 Å². The first-order valence-electron chi connectivity index (χ1n) is 6.72. The lowest BCUT2D eigenvalue weighted by Gasteiger charge is -2.32. The van der Waals surface area contributed by atoms with Crippen LogP contribution >= 0.6 is 0 Å². The third kappa shape index (κ3) is 4.06. The molecule has 0 bridgehead atoms. The van der Waals surface area contributed by atoms with Crippen molar-refractivity contribution in [1.82, 2.24) is 14.5 Å². The molecular weight excluding hydrogens is 274 g/mol. The van der Waals surface area contributed by atoms with Gasteiger partial charge in [0.25, 0.3) is 0 Å². The molecule has 0 amide bonds. The standard InChI is InChI=1S/C14H27N3O2S/c1-13(2,3)12(16-20(18)14(4,5)6)11-10(19-8)9-17(7)15-11/h9,12,16H,1-8H3/t12-,20?/m0/s1. The number of nitrogens with one attached hydrogen (secondary N) is 1. The zero-order valence-corrected chi connectivity index (χ0v) is 14.6. The number of methoxy groups -OCH3 is 1. The Morgan fingerprint density at radius 1 is 1.30 bits per heavy atom. The fourth-order valence-electron chi connectivity index (χ4n) is 1.77. The van der Waals surface area contributed by atoms with Gasteiger partial charge in [-0.1, -0.05) is 20.8 Å². The van der Waals surface area contributed by atoms with Gasteiger partial charge in [0.2, 0.25) is 0 Å². The Morgan fingerprint density at radius 3 is 2.25 bits per heavy atom. The minimum Gasteiger partial charge on any atom is -0.493 e. The number of aromatic nitrogens is 2. The molecule has 0 saturated carbocycles. The van der Waals surface area contributed by atoms with Gasteiger partial charge >= 0.3 is 0 Å². The Balaban J connectivity index is 3.17. The molecule has 0 saturated heterocycles. The molecule has 1 rings (SSSR count). The van der Waals surface area contributed by atoms with Crippen LogP contribution in [0.2, 0.25) is 0 Å². The second-order valence-electron chi connectivity index (χ2n) is 7.05. The van der Waals surface area contributed by atoms with Crippen LogP contribution in [0.3, 0.4) is 0 Å². The van der Waals surface area contributed by atoms with E-state index in [1.54, 1.807) is 11.8 Å². The summed E-state index contributed by atoms with van der Waals surface area (Å²) in [7, 11) is 2.31. The zero-order valence-electron chi connectivity index (χ0n) is 13.8. The summed E-state index contributed by atoms with van der Waals surface area (Å²) < 4.78 is 22.4. The van der Waals surface area contributed by atoms with E-state index in [4.69, 9.17) is 4.74 Å². The van der Waals surface area contributed by atoms with Crippen LogP contribution in [-0.4, -0.2) is 25.8 Å². The molecule has 5 nitrogen and oxygen atoms in total. The van der Waals surface area contributed by atoms with E-state index in [1.165, 1.54) is 0 Å². The molecule has 1 unspecified atom stereocenters. The van der Waals surface area contributed by atoms with Crippen molar-refractivity contribution in [3.8, 4) is 5.75 Å². The number of rotatable bonds is 4. The monoisotopic (exact) mass is 301 g/mol. The molecule has 0 aliphatic rings. The summed E-state index contributed by atoms with van der Waals surface area (Å²) in [4.78, 5) is 0. The van der Waals surface area contributed by atoms with Crippen molar-refractivity contribution >= 4 is 11.0 Å². The molecule has 2 atom stereocenters. The number of hydrogen-bond acceptors (Lipinski definition) is 3. The van der Waals surface area contributed by atoms with Gasteiger partial charge in [0, 0.05) is 7.05 Å². The van der Waals surface area contributed by atoms with E-state index in [-0.39, 0.29) is 16.2 Å². The Labute approximate surface area is 124 Å². The van der Waals surface area contributed by atoms with Crippen molar-refractivity contribution in [2.75, 3.05) is 7.11 Å². The molecule has 1 N–H and O–H groups in total. The van der Waals surface area contributed by atoms with E-state index >= 15 is 0 Å². The van der Waals surface area contributed by atoms with Crippen molar-refractivity contribution in [1.29, 1.82) is 0 Å². The Bertz CT molecular complexity index is 484. The third-order valence-electron chi connectivity index (χ3n) is 2.96. The van der Waals surface area contributed by atoms with Gasteiger partial charge in [-0.25, -0.2) is 8.93 Å². The van der Waals surface area contributed by atoms with Crippen LogP contribution < -0.4 is 9.46 Å². The van der Waals surface area contributed by atoms with Crippen LogP contribution in [-0.2, 0) is 18.0 Å². The zero-order chi connectivity index (χ0) is 15.7. The summed E-state index contributed by atoms with van der Waals surface area (Å²) >= 11 is 0. The summed E-state index contributed by atoms with van der Waals surface area (Å²) in [6, 6.07) is -0.154. The Morgan fingerprint density at radius 2 is 1.85 bits per heavy atom. The number of ether oxygens (including phenoxy) is 1. The van der Waals surface area contributed by atoms with Gasteiger partial charge in [-0.15, -0.1) is 0 Å². The Hall–Kier alpha value is -0.880. The second kappa shape index (κ2) is 5.85. The molecule has 20 heavy (non-hydrogen) atoms. The fraction of sp³-hybridized carbons (Fsp3) is 0.786. The Kier molecular flexibility index (Phi) is 5.03. The molecule has 0 fully saturated rings. The molecule has 0 aliphatic heterocycles. The topological polar surface area (TPSA) is 56.1 Å². The van der Waals surface area contributed by atoms with Crippen LogP contribution in [0.25, 0.3) is 0 Å². The molecule has 6 heteroatoms. The van der Waals surface area contributed by atoms with Gasteiger partial charge in [0.05, 0.1) is 35.1 Å². The SMILES string of the molecule is COc1cn(C)nc1[C@H](NS(=O)C(C)(C)C)C(C)(C)C. The molecule has 0 aliphatic carbocycles. The van der Waals surface area contributed by atoms with Gasteiger partial charge in [0.1, 0.15) is 5.69 Å². The smallest absolute Gasteiger partial charge is 0.161 e. The van der Waals surface area contributed by atoms with Gasteiger partial charge in [-0.2, -0.15) is 5.10 Å². The van der Waals surface area contributed by atoms with Crippen molar-refractivity contribution in [3.05, 3.63) is 11.9 Å². The molecule has 0 spiro atoms. The first kappa shape index (κ1) is 17.2. The largest absolute Gasteiger partial charge is 0.493 e. The van der Waals surface area contributed by atoms with Crippen LogP contribution in [0.5, 0.6) is 5.75 Å².